The number of aromatic hydroxyl groups is 1. The van der Waals surface area contributed by atoms with Gasteiger partial charge in [-0.1, -0.05) is 17.7 Å². The minimum absolute atomic E-state index is 0.0145. The monoisotopic (exact) mass is 296 g/mol. The molecule has 0 radical (unpaired) electrons. The summed E-state index contributed by atoms with van der Waals surface area (Å²) in [5.74, 6) is -0.111. The molecule has 1 aliphatic heterocycles. The van der Waals surface area contributed by atoms with Crippen molar-refractivity contribution in [3.63, 3.8) is 0 Å². The van der Waals surface area contributed by atoms with E-state index in [2.05, 4.69) is 0 Å². The first-order valence-electron chi connectivity index (χ1n) is 5.75. The van der Waals surface area contributed by atoms with Crippen LogP contribution in [-0.2, 0) is 4.79 Å². The Kier molecular flexibility index (Phi) is 3.78. The Morgan fingerprint density at radius 3 is 2.68 bits per heavy atom. The molecule has 1 heterocycles. The molecule has 1 aromatic rings. The summed E-state index contributed by atoms with van der Waals surface area (Å²) in [7, 11) is 1.75. The van der Waals surface area contributed by atoms with E-state index in [9.17, 15) is 9.90 Å². The lowest BCUT2D eigenvalue weighted by molar-refractivity contribution is -0.122. The molecule has 1 aliphatic rings. The van der Waals surface area contributed by atoms with Gasteiger partial charge in [0.1, 0.15) is 11.4 Å². The zero-order valence-electron chi connectivity index (χ0n) is 10.6. The van der Waals surface area contributed by atoms with Gasteiger partial charge in [0.15, 0.2) is 5.11 Å². The molecule has 0 unspecified atom stereocenters. The van der Waals surface area contributed by atoms with Crippen molar-refractivity contribution in [3.05, 3.63) is 34.5 Å². The summed E-state index contributed by atoms with van der Waals surface area (Å²) < 4.78 is 0. The average molecular weight is 297 g/mol. The minimum Gasteiger partial charge on any atom is -0.506 e. The molecule has 0 atom stereocenters. The van der Waals surface area contributed by atoms with E-state index in [0.29, 0.717) is 17.4 Å². The largest absolute Gasteiger partial charge is 0.506 e. The van der Waals surface area contributed by atoms with E-state index >= 15 is 0 Å². The van der Waals surface area contributed by atoms with Crippen LogP contribution in [0, 0.1) is 0 Å². The minimum atomic E-state index is -0.126. The normalized spacial score (nSPS) is 17.7. The van der Waals surface area contributed by atoms with Crippen LogP contribution in [0.2, 0.25) is 5.02 Å². The second-order valence-electron chi connectivity index (χ2n) is 4.13. The lowest BCUT2D eigenvalue weighted by Gasteiger charge is -2.13. The van der Waals surface area contributed by atoms with Gasteiger partial charge in [0.25, 0.3) is 5.91 Å². The van der Waals surface area contributed by atoms with Gasteiger partial charge in [0.05, 0.1) is 5.02 Å². The second kappa shape index (κ2) is 5.19. The number of phenols is 1. The van der Waals surface area contributed by atoms with Gasteiger partial charge in [-0.3, -0.25) is 9.69 Å². The number of hydrogen-bond acceptors (Lipinski definition) is 3. The summed E-state index contributed by atoms with van der Waals surface area (Å²) in [6.45, 7) is 2.41. The van der Waals surface area contributed by atoms with Gasteiger partial charge in [0, 0.05) is 13.6 Å². The van der Waals surface area contributed by atoms with Gasteiger partial charge in [-0.2, -0.15) is 0 Å². The van der Waals surface area contributed by atoms with Crippen LogP contribution >= 0.6 is 23.8 Å². The van der Waals surface area contributed by atoms with E-state index in [4.69, 9.17) is 23.8 Å². The molecular formula is C13H13ClN2O2S. The number of benzene rings is 1. The molecule has 0 saturated carbocycles. The molecule has 100 valence electrons. The van der Waals surface area contributed by atoms with Gasteiger partial charge in [-0.05, 0) is 42.9 Å². The summed E-state index contributed by atoms with van der Waals surface area (Å²) in [4.78, 5) is 15.4. The van der Waals surface area contributed by atoms with Crippen molar-refractivity contribution in [1.29, 1.82) is 0 Å². The number of carbonyl (C=O) groups excluding carboxylic acids is 1. The van der Waals surface area contributed by atoms with Crippen LogP contribution in [0.3, 0.4) is 0 Å². The number of hydrogen-bond donors (Lipinski definition) is 1. The van der Waals surface area contributed by atoms with E-state index in [-0.39, 0.29) is 16.7 Å². The van der Waals surface area contributed by atoms with E-state index in [1.807, 2.05) is 6.92 Å². The maximum absolute atomic E-state index is 12.2. The highest BCUT2D eigenvalue weighted by Gasteiger charge is 2.34. The van der Waals surface area contributed by atoms with Crippen molar-refractivity contribution >= 4 is 40.9 Å². The molecule has 6 heteroatoms. The SMILES string of the molecule is CCN1C(=O)/C(=C/c2ccc(O)c(Cl)c2)N(C)C1=S. The Labute approximate surface area is 121 Å². The van der Waals surface area contributed by atoms with Crippen LogP contribution in [0.5, 0.6) is 5.75 Å². The smallest absolute Gasteiger partial charge is 0.276 e. The van der Waals surface area contributed by atoms with Crippen LogP contribution < -0.4 is 0 Å². The molecule has 0 spiro atoms. The third kappa shape index (κ3) is 2.43. The predicted octanol–water partition coefficient (Wildman–Crippen LogP) is 2.47. The number of carbonyl (C=O) groups is 1. The first kappa shape index (κ1) is 13.8. The van der Waals surface area contributed by atoms with Crippen molar-refractivity contribution < 1.29 is 9.90 Å². The molecule has 2 rings (SSSR count). The molecule has 19 heavy (non-hydrogen) atoms. The fourth-order valence-corrected chi connectivity index (χ4v) is 2.36. The van der Waals surface area contributed by atoms with Crippen molar-refractivity contribution in [2.45, 2.75) is 6.92 Å². The van der Waals surface area contributed by atoms with Crippen molar-refractivity contribution in [1.82, 2.24) is 9.80 Å². The van der Waals surface area contributed by atoms with Crippen molar-refractivity contribution in [3.8, 4) is 5.75 Å². The highest BCUT2D eigenvalue weighted by atomic mass is 35.5. The summed E-state index contributed by atoms with van der Waals surface area (Å²) in [5, 5.41) is 10.1. The Bertz CT molecular complexity index is 586. The molecular weight excluding hydrogens is 284 g/mol. The fourth-order valence-electron chi connectivity index (χ4n) is 1.86. The Morgan fingerprint density at radius 1 is 1.47 bits per heavy atom. The van der Waals surface area contributed by atoms with Gasteiger partial charge in [-0.15, -0.1) is 0 Å². The molecule has 0 aromatic heterocycles. The number of amides is 1. The number of halogens is 1. The number of thiocarbonyl (C=S) groups is 1. The number of rotatable bonds is 2. The molecule has 0 aliphatic carbocycles. The van der Waals surface area contributed by atoms with E-state index in [1.165, 1.54) is 11.0 Å². The Balaban J connectivity index is 2.40. The summed E-state index contributed by atoms with van der Waals surface area (Å²) >= 11 is 11.0. The molecule has 1 aromatic carbocycles. The molecule has 4 nitrogen and oxygen atoms in total. The first-order valence-corrected chi connectivity index (χ1v) is 6.54. The van der Waals surface area contributed by atoms with Crippen LogP contribution in [0.1, 0.15) is 12.5 Å². The van der Waals surface area contributed by atoms with Crippen LogP contribution in [0.4, 0.5) is 0 Å². The lowest BCUT2D eigenvalue weighted by Crippen LogP contribution is -2.30. The summed E-state index contributed by atoms with van der Waals surface area (Å²) in [6, 6.07) is 4.78. The van der Waals surface area contributed by atoms with Crippen molar-refractivity contribution in [2.24, 2.45) is 0 Å². The maximum Gasteiger partial charge on any atom is 0.276 e. The zero-order valence-corrected chi connectivity index (χ0v) is 12.1. The Morgan fingerprint density at radius 2 is 2.16 bits per heavy atom. The number of likely N-dealkylation sites (N-methyl/N-ethyl adjacent to an activating group) is 2. The van der Waals surface area contributed by atoms with Gasteiger partial charge < -0.3 is 10.0 Å². The molecule has 1 amide bonds. The van der Waals surface area contributed by atoms with Crippen LogP contribution in [0.15, 0.2) is 23.9 Å². The quantitative estimate of drug-likeness (QED) is 0.672. The third-order valence-corrected chi connectivity index (χ3v) is 3.73. The standard InChI is InChI=1S/C13H13ClN2O2S/c1-3-16-12(18)10(15(2)13(16)19)7-8-4-5-11(17)9(14)6-8/h4-7,17H,3H2,1-2H3/b10-7-. The number of nitrogens with zero attached hydrogens (tertiary/aromatic N) is 2. The summed E-state index contributed by atoms with van der Waals surface area (Å²) in [5.41, 5.74) is 1.23. The molecule has 1 N–H and O–H groups in total. The summed E-state index contributed by atoms with van der Waals surface area (Å²) in [6.07, 6.45) is 1.70. The molecule has 1 fully saturated rings. The first-order chi connectivity index (χ1) is 8.95. The predicted molar refractivity (Wildman–Crippen MR) is 78.8 cm³/mol. The van der Waals surface area contributed by atoms with Crippen molar-refractivity contribution in [2.75, 3.05) is 13.6 Å². The van der Waals surface area contributed by atoms with Gasteiger partial charge in [0.2, 0.25) is 0 Å². The van der Waals surface area contributed by atoms with E-state index in [0.717, 1.165) is 5.56 Å². The fraction of sp³-hybridized carbons (Fsp3) is 0.231. The molecule has 1 saturated heterocycles. The van der Waals surface area contributed by atoms with Gasteiger partial charge >= 0.3 is 0 Å². The van der Waals surface area contributed by atoms with Crippen LogP contribution in [-0.4, -0.2) is 39.5 Å². The lowest BCUT2D eigenvalue weighted by atomic mass is 10.2. The highest BCUT2D eigenvalue weighted by Crippen LogP contribution is 2.27. The van der Waals surface area contributed by atoms with E-state index < -0.39 is 0 Å². The molecule has 0 bridgehead atoms. The average Bonchev–Trinajstić information content (AvgIpc) is 2.58. The van der Waals surface area contributed by atoms with E-state index in [1.54, 1.807) is 30.2 Å². The maximum atomic E-state index is 12.2. The third-order valence-electron chi connectivity index (χ3n) is 2.93. The zero-order chi connectivity index (χ0) is 14.2. The number of phenolic OH excluding ortho intramolecular Hbond substituents is 1. The van der Waals surface area contributed by atoms with Crippen LogP contribution in [0.25, 0.3) is 6.08 Å². The Hall–Kier alpha value is -1.59. The topological polar surface area (TPSA) is 43.8 Å². The highest BCUT2D eigenvalue weighted by molar-refractivity contribution is 7.80. The second-order valence-corrected chi connectivity index (χ2v) is 4.90. The van der Waals surface area contributed by atoms with Gasteiger partial charge in [-0.25, -0.2) is 0 Å².